The normalized spacial score (nSPS) is 10.4. The molecule has 0 saturated heterocycles. The van der Waals surface area contributed by atoms with Crippen LogP contribution in [0.5, 0.6) is 0 Å². The van der Waals surface area contributed by atoms with Crippen molar-refractivity contribution in [1.29, 1.82) is 0 Å². The Morgan fingerprint density at radius 2 is 1.60 bits per heavy atom. The highest BCUT2D eigenvalue weighted by atomic mass is 35.5. The molecule has 0 spiro atoms. The van der Waals surface area contributed by atoms with Gasteiger partial charge in [-0.1, -0.05) is 54.1 Å². The number of hydrogen-bond donors (Lipinski definition) is 0. The van der Waals surface area contributed by atoms with E-state index in [2.05, 4.69) is 59.4 Å². The third-order valence-electron chi connectivity index (χ3n) is 3.22. The summed E-state index contributed by atoms with van der Waals surface area (Å²) in [4.78, 5) is 0. The maximum Gasteiger partial charge on any atom is 0.176 e. The Hall–Kier alpha value is -2.12. The third-order valence-corrected chi connectivity index (χ3v) is 3.45. The standard InChI is InChI=1S/C18H15ClN/c19-18-10-4-6-15(12-18)13-20-11-5-9-17(14-20)16-7-2-1-3-8-16/h1-12,14H,13H2/q+1. The molecule has 2 aromatic carbocycles. The maximum atomic E-state index is 6.03. The molecule has 1 heterocycles. The van der Waals surface area contributed by atoms with E-state index in [1.165, 1.54) is 16.7 Å². The molecule has 0 aliphatic rings. The van der Waals surface area contributed by atoms with Crippen molar-refractivity contribution in [2.24, 2.45) is 0 Å². The van der Waals surface area contributed by atoms with Crippen LogP contribution in [0, 0.1) is 0 Å². The van der Waals surface area contributed by atoms with E-state index in [4.69, 9.17) is 11.6 Å². The zero-order valence-corrected chi connectivity index (χ0v) is 11.8. The summed E-state index contributed by atoms with van der Waals surface area (Å²) < 4.78 is 2.17. The fraction of sp³-hybridized carbons (Fsp3) is 0.0556. The van der Waals surface area contributed by atoms with E-state index < -0.39 is 0 Å². The largest absolute Gasteiger partial charge is 0.200 e. The van der Waals surface area contributed by atoms with E-state index in [1.807, 2.05) is 24.3 Å². The molecule has 98 valence electrons. The number of nitrogens with zero attached hydrogens (tertiary/aromatic N) is 1. The van der Waals surface area contributed by atoms with Crippen LogP contribution in [0.15, 0.2) is 79.1 Å². The van der Waals surface area contributed by atoms with Crippen molar-refractivity contribution >= 4 is 11.6 Å². The summed E-state index contributed by atoms with van der Waals surface area (Å²) in [6, 6.07) is 22.6. The zero-order chi connectivity index (χ0) is 13.8. The lowest BCUT2D eigenvalue weighted by Gasteiger charge is -2.02. The molecule has 3 aromatic rings. The topological polar surface area (TPSA) is 3.88 Å². The molecule has 1 aromatic heterocycles. The monoisotopic (exact) mass is 280 g/mol. The molecule has 0 amide bonds. The van der Waals surface area contributed by atoms with Gasteiger partial charge < -0.3 is 0 Å². The first kappa shape index (κ1) is 12.9. The summed E-state index contributed by atoms with van der Waals surface area (Å²) in [7, 11) is 0. The predicted octanol–water partition coefficient (Wildman–Crippen LogP) is 4.34. The fourth-order valence-electron chi connectivity index (χ4n) is 2.27. The Morgan fingerprint density at radius 1 is 0.800 bits per heavy atom. The molecule has 0 aliphatic heterocycles. The summed E-state index contributed by atoms with van der Waals surface area (Å²) in [6.45, 7) is 0.821. The highest BCUT2D eigenvalue weighted by Gasteiger charge is 2.06. The second kappa shape index (κ2) is 5.89. The molecule has 3 rings (SSSR count). The number of aromatic nitrogens is 1. The Kier molecular flexibility index (Phi) is 3.80. The fourth-order valence-corrected chi connectivity index (χ4v) is 2.48. The van der Waals surface area contributed by atoms with E-state index in [1.54, 1.807) is 0 Å². The summed E-state index contributed by atoms with van der Waals surface area (Å²) in [5.41, 5.74) is 3.65. The lowest BCUT2D eigenvalue weighted by Crippen LogP contribution is -2.33. The lowest BCUT2D eigenvalue weighted by atomic mass is 10.1. The molecule has 0 unspecified atom stereocenters. The smallest absolute Gasteiger partial charge is 0.176 e. The van der Waals surface area contributed by atoms with Crippen molar-refractivity contribution in [3.63, 3.8) is 0 Å². The van der Waals surface area contributed by atoms with Gasteiger partial charge in [0, 0.05) is 22.2 Å². The van der Waals surface area contributed by atoms with Gasteiger partial charge in [-0.25, -0.2) is 4.57 Å². The van der Waals surface area contributed by atoms with Gasteiger partial charge in [-0.3, -0.25) is 0 Å². The molecule has 0 radical (unpaired) electrons. The predicted molar refractivity (Wildman–Crippen MR) is 82.6 cm³/mol. The summed E-state index contributed by atoms with van der Waals surface area (Å²) in [5, 5.41) is 0.780. The lowest BCUT2D eigenvalue weighted by molar-refractivity contribution is -0.687. The highest BCUT2D eigenvalue weighted by molar-refractivity contribution is 6.30. The van der Waals surface area contributed by atoms with E-state index in [0.717, 1.165) is 11.6 Å². The number of hydrogen-bond acceptors (Lipinski definition) is 0. The van der Waals surface area contributed by atoms with Crippen LogP contribution in [-0.2, 0) is 6.54 Å². The minimum Gasteiger partial charge on any atom is -0.200 e. The number of benzene rings is 2. The molecule has 0 atom stereocenters. The minimum atomic E-state index is 0.780. The molecule has 0 saturated carbocycles. The second-order valence-corrected chi connectivity index (χ2v) is 5.20. The van der Waals surface area contributed by atoms with E-state index in [9.17, 15) is 0 Å². The number of pyridine rings is 1. The average Bonchev–Trinajstić information content (AvgIpc) is 2.48. The van der Waals surface area contributed by atoms with Gasteiger partial charge in [-0.05, 0) is 23.8 Å². The summed E-state index contributed by atoms with van der Waals surface area (Å²) >= 11 is 6.03. The molecule has 0 fully saturated rings. The van der Waals surface area contributed by atoms with E-state index >= 15 is 0 Å². The average molecular weight is 281 g/mol. The molecule has 0 N–H and O–H groups in total. The van der Waals surface area contributed by atoms with Gasteiger partial charge in [0.1, 0.15) is 0 Å². The molecule has 1 nitrogen and oxygen atoms in total. The van der Waals surface area contributed by atoms with Crippen LogP contribution in [0.2, 0.25) is 5.02 Å². The van der Waals surface area contributed by atoms with Crippen LogP contribution >= 0.6 is 11.6 Å². The Balaban J connectivity index is 1.88. The molecular formula is C18H15ClN+. The molecular weight excluding hydrogens is 266 g/mol. The van der Waals surface area contributed by atoms with E-state index in [0.29, 0.717) is 0 Å². The third kappa shape index (κ3) is 3.06. The van der Waals surface area contributed by atoms with Gasteiger partial charge in [-0.2, -0.15) is 0 Å². The first-order chi connectivity index (χ1) is 9.81. The minimum absolute atomic E-state index is 0.780. The van der Waals surface area contributed by atoms with Crippen molar-refractivity contribution < 1.29 is 4.57 Å². The molecule has 2 heteroatoms. The number of rotatable bonds is 3. The zero-order valence-electron chi connectivity index (χ0n) is 11.0. The van der Waals surface area contributed by atoms with Gasteiger partial charge >= 0.3 is 0 Å². The van der Waals surface area contributed by atoms with Crippen molar-refractivity contribution in [3.8, 4) is 11.1 Å². The Bertz CT molecular complexity index is 707. The Labute approximate surface area is 124 Å². The van der Waals surface area contributed by atoms with Gasteiger partial charge in [0.2, 0.25) is 0 Å². The van der Waals surface area contributed by atoms with Crippen LogP contribution < -0.4 is 4.57 Å². The number of halogens is 1. The second-order valence-electron chi connectivity index (χ2n) is 4.76. The summed E-state index contributed by atoms with van der Waals surface area (Å²) in [5.74, 6) is 0. The SMILES string of the molecule is Clc1cccc(C[n+]2cccc(-c3ccccc3)c2)c1. The van der Waals surface area contributed by atoms with Crippen LogP contribution in [0.25, 0.3) is 11.1 Å². The van der Waals surface area contributed by atoms with Crippen molar-refractivity contribution in [3.05, 3.63) is 89.7 Å². The first-order valence-electron chi connectivity index (χ1n) is 6.60. The van der Waals surface area contributed by atoms with E-state index in [-0.39, 0.29) is 0 Å². The summed E-state index contributed by atoms with van der Waals surface area (Å²) in [6.07, 6.45) is 4.24. The van der Waals surface area contributed by atoms with Crippen molar-refractivity contribution in [2.75, 3.05) is 0 Å². The van der Waals surface area contributed by atoms with Crippen LogP contribution in [0.4, 0.5) is 0 Å². The maximum absolute atomic E-state index is 6.03. The Morgan fingerprint density at radius 3 is 2.40 bits per heavy atom. The van der Waals surface area contributed by atoms with Crippen molar-refractivity contribution in [2.45, 2.75) is 6.54 Å². The quantitative estimate of drug-likeness (QED) is 0.628. The first-order valence-corrected chi connectivity index (χ1v) is 6.98. The highest BCUT2D eigenvalue weighted by Crippen LogP contribution is 2.16. The molecule has 0 aliphatic carbocycles. The van der Waals surface area contributed by atoms with Crippen molar-refractivity contribution in [1.82, 2.24) is 0 Å². The van der Waals surface area contributed by atoms with Crippen LogP contribution in [0.3, 0.4) is 0 Å². The molecule has 0 bridgehead atoms. The van der Waals surface area contributed by atoms with Gasteiger partial charge in [-0.15, -0.1) is 0 Å². The van der Waals surface area contributed by atoms with Crippen LogP contribution in [0.1, 0.15) is 5.56 Å². The van der Waals surface area contributed by atoms with Gasteiger partial charge in [0.05, 0.1) is 0 Å². The molecule has 20 heavy (non-hydrogen) atoms. The van der Waals surface area contributed by atoms with Crippen LogP contribution in [-0.4, -0.2) is 0 Å². The van der Waals surface area contributed by atoms with Gasteiger partial charge in [0.25, 0.3) is 0 Å². The van der Waals surface area contributed by atoms with Gasteiger partial charge in [0.15, 0.2) is 18.9 Å².